The molecule has 2 rings (SSSR count). The summed E-state index contributed by atoms with van der Waals surface area (Å²) in [6.45, 7) is 0. The van der Waals surface area contributed by atoms with E-state index in [9.17, 15) is 13.2 Å². The van der Waals surface area contributed by atoms with Crippen LogP contribution < -0.4 is 10.5 Å². The highest BCUT2D eigenvalue weighted by molar-refractivity contribution is 7.89. The molecule has 1 fully saturated rings. The molecule has 20 heavy (non-hydrogen) atoms. The number of methoxy groups -OCH3 is 1. The molecule has 0 aromatic heterocycles. The van der Waals surface area contributed by atoms with Gasteiger partial charge < -0.3 is 10.1 Å². The van der Waals surface area contributed by atoms with Crippen LogP contribution in [0.15, 0.2) is 29.2 Å². The molecule has 0 heterocycles. The Bertz CT molecular complexity index is 583. The van der Waals surface area contributed by atoms with Crippen molar-refractivity contribution in [1.29, 1.82) is 0 Å². The lowest BCUT2D eigenvalue weighted by atomic mass is 10.1. The molecule has 1 aliphatic carbocycles. The molecule has 0 radical (unpaired) electrons. The van der Waals surface area contributed by atoms with Gasteiger partial charge >= 0.3 is 0 Å². The maximum Gasteiger partial charge on any atom is 0.251 e. The Morgan fingerprint density at radius 3 is 2.50 bits per heavy atom. The van der Waals surface area contributed by atoms with Crippen LogP contribution in [0.1, 0.15) is 29.6 Å². The van der Waals surface area contributed by atoms with Gasteiger partial charge in [0.25, 0.3) is 5.91 Å². The average molecular weight is 298 g/mol. The van der Waals surface area contributed by atoms with Crippen molar-refractivity contribution in [3.8, 4) is 0 Å². The molecular weight excluding hydrogens is 280 g/mol. The number of carbonyl (C=O) groups is 1. The van der Waals surface area contributed by atoms with Crippen LogP contribution >= 0.6 is 0 Å². The van der Waals surface area contributed by atoms with Crippen molar-refractivity contribution in [3.05, 3.63) is 29.8 Å². The lowest BCUT2D eigenvalue weighted by Gasteiger charge is -2.19. The number of rotatable bonds is 4. The van der Waals surface area contributed by atoms with Crippen molar-refractivity contribution in [2.45, 2.75) is 36.3 Å². The molecule has 1 saturated carbocycles. The minimum absolute atomic E-state index is 0.00502. The van der Waals surface area contributed by atoms with E-state index in [-0.39, 0.29) is 22.9 Å². The largest absolute Gasteiger partial charge is 0.379 e. The number of nitrogens with one attached hydrogen (secondary N) is 1. The van der Waals surface area contributed by atoms with Gasteiger partial charge in [-0.2, -0.15) is 0 Å². The number of hydrogen-bond acceptors (Lipinski definition) is 4. The highest BCUT2D eigenvalue weighted by Crippen LogP contribution is 2.22. The summed E-state index contributed by atoms with van der Waals surface area (Å²) in [4.78, 5) is 12.1. The third kappa shape index (κ3) is 3.36. The van der Waals surface area contributed by atoms with E-state index in [1.165, 1.54) is 24.3 Å². The van der Waals surface area contributed by atoms with Crippen LogP contribution in [0.25, 0.3) is 0 Å². The molecule has 1 amide bonds. The first-order valence-corrected chi connectivity index (χ1v) is 7.93. The molecule has 110 valence electrons. The van der Waals surface area contributed by atoms with Crippen molar-refractivity contribution in [1.82, 2.24) is 5.32 Å². The lowest BCUT2D eigenvalue weighted by Crippen LogP contribution is -2.40. The Morgan fingerprint density at radius 2 is 1.95 bits per heavy atom. The van der Waals surface area contributed by atoms with Crippen LogP contribution in [0, 0.1) is 0 Å². The fourth-order valence-corrected chi connectivity index (χ4v) is 2.94. The van der Waals surface area contributed by atoms with Crippen molar-refractivity contribution in [2.75, 3.05) is 7.11 Å². The molecule has 7 heteroatoms. The van der Waals surface area contributed by atoms with Crippen LogP contribution in [-0.4, -0.2) is 33.6 Å². The van der Waals surface area contributed by atoms with Crippen LogP contribution in [0.2, 0.25) is 0 Å². The third-order valence-electron chi connectivity index (χ3n) is 3.52. The topological polar surface area (TPSA) is 98.5 Å². The van der Waals surface area contributed by atoms with E-state index in [0.717, 1.165) is 19.3 Å². The zero-order valence-electron chi connectivity index (χ0n) is 11.2. The molecule has 0 saturated heterocycles. The Labute approximate surface area is 118 Å². The summed E-state index contributed by atoms with van der Waals surface area (Å²) < 4.78 is 27.6. The quantitative estimate of drug-likeness (QED) is 0.851. The Balaban J connectivity index is 2.06. The number of amides is 1. The van der Waals surface area contributed by atoms with E-state index < -0.39 is 10.0 Å². The van der Waals surface area contributed by atoms with Gasteiger partial charge in [-0.1, -0.05) is 0 Å². The average Bonchev–Trinajstić information content (AvgIpc) is 2.85. The number of primary sulfonamides is 1. The summed E-state index contributed by atoms with van der Waals surface area (Å²) in [6, 6.07) is 5.56. The Morgan fingerprint density at radius 1 is 1.30 bits per heavy atom. The maximum absolute atomic E-state index is 12.1. The van der Waals surface area contributed by atoms with E-state index in [0.29, 0.717) is 5.56 Å². The predicted molar refractivity (Wildman–Crippen MR) is 73.7 cm³/mol. The molecule has 3 N–H and O–H groups in total. The molecule has 2 atom stereocenters. The van der Waals surface area contributed by atoms with Gasteiger partial charge in [-0.25, -0.2) is 13.6 Å². The van der Waals surface area contributed by atoms with Crippen LogP contribution in [0.3, 0.4) is 0 Å². The fourth-order valence-electron chi connectivity index (χ4n) is 2.42. The van der Waals surface area contributed by atoms with Gasteiger partial charge in [0.05, 0.1) is 17.0 Å². The highest BCUT2D eigenvalue weighted by Gasteiger charge is 2.28. The van der Waals surface area contributed by atoms with Crippen molar-refractivity contribution < 1.29 is 17.9 Å². The first-order valence-electron chi connectivity index (χ1n) is 6.38. The second-order valence-electron chi connectivity index (χ2n) is 4.85. The number of carbonyl (C=O) groups excluding carboxylic acids is 1. The van der Waals surface area contributed by atoms with Crippen molar-refractivity contribution >= 4 is 15.9 Å². The van der Waals surface area contributed by atoms with Crippen LogP contribution in [0.4, 0.5) is 0 Å². The minimum Gasteiger partial charge on any atom is -0.379 e. The van der Waals surface area contributed by atoms with Crippen LogP contribution in [-0.2, 0) is 14.8 Å². The second-order valence-corrected chi connectivity index (χ2v) is 6.42. The third-order valence-corrected chi connectivity index (χ3v) is 4.45. The van der Waals surface area contributed by atoms with Gasteiger partial charge in [0.1, 0.15) is 0 Å². The van der Waals surface area contributed by atoms with E-state index in [4.69, 9.17) is 9.88 Å². The normalized spacial score (nSPS) is 22.7. The zero-order valence-corrected chi connectivity index (χ0v) is 12.0. The molecule has 1 aromatic carbocycles. The SMILES string of the molecule is COC1CCCC1NC(=O)c1ccc(S(N)(=O)=O)cc1. The molecule has 1 aromatic rings. The monoisotopic (exact) mass is 298 g/mol. The van der Waals surface area contributed by atoms with Gasteiger partial charge in [-0.05, 0) is 43.5 Å². The van der Waals surface area contributed by atoms with E-state index in [1.54, 1.807) is 7.11 Å². The summed E-state index contributed by atoms with van der Waals surface area (Å²) in [5, 5.41) is 7.92. The smallest absolute Gasteiger partial charge is 0.251 e. The molecule has 1 aliphatic rings. The molecule has 6 nitrogen and oxygen atoms in total. The lowest BCUT2D eigenvalue weighted by molar-refractivity contribution is 0.0722. The molecule has 2 unspecified atom stereocenters. The number of hydrogen-bond donors (Lipinski definition) is 2. The fraction of sp³-hybridized carbons (Fsp3) is 0.462. The first-order chi connectivity index (χ1) is 9.41. The number of ether oxygens (including phenoxy) is 1. The van der Waals surface area contributed by atoms with Crippen LogP contribution in [0.5, 0.6) is 0 Å². The Kier molecular flexibility index (Phi) is 4.42. The molecule has 0 aliphatic heterocycles. The van der Waals surface area contributed by atoms with Crippen molar-refractivity contribution in [3.63, 3.8) is 0 Å². The number of benzene rings is 1. The standard InChI is InChI=1S/C13H18N2O4S/c1-19-12-4-2-3-11(12)15-13(16)9-5-7-10(8-6-9)20(14,17)18/h5-8,11-12H,2-4H2,1H3,(H,15,16)(H2,14,17,18). The highest BCUT2D eigenvalue weighted by atomic mass is 32.2. The molecular formula is C13H18N2O4S. The summed E-state index contributed by atoms with van der Waals surface area (Å²) in [5.74, 6) is -0.236. The van der Waals surface area contributed by atoms with E-state index in [1.807, 2.05) is 0 Å². The van der Waals surface area contributed by atoms with Crippen molar-refractivity contribution in [2.24, 2.45) is 5.14 Å². The summed E-state index contributed by atoms with van der Waals surface area (Å²) >= 11 is 0. The maximum atomic E-state index is 12.1. The Hall–Kier alpha value is -1.44. The number of sulfonamides is 1. The first kappa shape index (κ1) is 15.0. The summed E-state index contributed by atoms with van der Waals surface area (Å²) in [5.41, 5.74) is 0.402. The van der Waals surface area contributed by atoms with Gasteiger partial charge in [-0.3, -0.25) is 4.79 Å². The van der Waals surface area contributed by atoms with E-state index in [2.05, 4.69) is 5.32 Å². The van der Waals surface area contributed by atoms with E-state index >= 15 is 0 Å². The summed E-state index contributed by atoms with van der Waals surface area (Å²) in [6.07, 6.45) is 2.89. The zero-order chi connectivity index (χ0) is 14.8. The molecule has 0 spiro atoms. The second kappa shape index (κ2) is 5.90. The van der Waals surface area contributed by atoms with Gasteiger partial charge in [-0.15, -0.1) is 0 Å². The number of nitrogens with two attached hydrogens (primary N) is 1. The predicted octanol–water partition coefficient (Wildman–Crippen LogP) is 0.631. The van der Waals surface area contributed by atoms with Gasteiger partial charge in [0, 0.05) is 12.7 Å². The van der Waals surface area contributed by atoms with Gasteiger partial charge in [0.15, 0.2) is 0 Å². The minimum atomic E-state index is -3.73. The molecule has 0 bridgehead atoms. The van der Waals surface area contributed by atoms with Gasteiger partial charge in [0.2, 0.25) is 10.0 Å². The summed E-state index contributed by atoms with van der Waals surface area (Å²) in [7, 11) is -2.10.